The zero-order valence-electron chi connectivity index (χ0n) is 15.4. The van der Waals surface area contributed by atoms with Crippen molar-refractivity contribution in [3.63, 3.8) is 0 Å². The van der Waals surface area contributed by atoms with E-state index in [1.807, 2.05) is 39.9 Å². The highest BCUT2D eigenvalue weighted by atomic mass is 32.1. The van der Waals surface area contributed by atoms with E-state index in [1.165, 1.54) is 0 Å². The first-order valence-corrected chi connectivity index (χ1v) is 10.6. The molecule has 3 heterocycles. The number of thiophene rings is 1. The van der Waals surface area contributed by atoms with Crippen LogP contribution < -0.4 is 10.2 Å². The van der Waals surface area contributed by atoms with Crippen LogP contribution in [0.3, 0.4) is 0 Å². The Morgan fingerprint density at radius 2 is 2.04 bits per heavy atom. The second-order valence-electron chi connectivity index (χ2n) is 7.86. The summed E-state index contributed by atoms with van der Waals surface area (Å²) in [4.78, 5) is 27.7. The van der Waals surface area contributed by atoms with Gasteiger partial charge in [-0.05, 0) is 60.9 Å². The minimum atomic E-state index is -0.594. The van der Waals surface area contributed by atoms with E-state index in [-0.39, 0.29) is 23.8 Å². The van der Waals surface area contributed by atoms with Gasteiger partial charge in [0.1, 0.15) is 0 Å². The van der Waals surface area contributed by atoms with Crippen LogP contribution in [0.4, 0.5) is 17.1 Å². The second-order valence-corrected chi connectivity index (χ2v) is 8.64. The molecular formula is C21H22N2O4S. The molecule has 146 valence electrons. The topological polar surface area (TPSA) is 78.9 Å². The summed E-state index contributed by atoms with van der Waals surface area (Å²) in [5.74, 6) is -0.107. The molecular weight excluding hydrogens is 376 g/mol. The largest absolute Gasteiger partial charge is 0.393 e. The maximum Gasteiger partial charge on any atom is 0.242 e. The molecule has 1 saturated carbocycles. The van der Waals surface area contributed by atoms with Crippen molar-refractivity contribution < 1.29 is 19.4 Å². The van der Waals surface area contributed by atoms with Gasteiger partial charge in [-0.2, -0.15) is 11.3 Å². The molecule has 7 heteroatoms. The first-order valence-electron chi connectivity index (χ1n) is 9.66. The lowest BCUT2D eigenvalue weighted by Gasteiger charge is -2.32. The van der Waals surface area contributed by atoms with Crippen molar-refractivity contribution >= 4 is 40.2 Å². The highest BCUT2D eigenvalue weighted by Gasteiger charge is 2.52. The Bertz CT molecular complexity index is 914. The molecule has 2 aliphatic heterocycles. The predicted octanol–water partition coefficient (Wildman–Crippen LogP) is 3.18. The number of benzene rings is 1. The summed E-state index contributed by atoms with van der Waals surface area (Å²) in [5, 5.41) is 16.4. The van der Waals surface area contributed by atoms with Crippen LogP contribution in [0.2, 0.25) is 0 Å². The fraction of sp³-hybridized carbons (Fsp3) is 0.429. The van der Waals surface area contributed by atoms with Gasteiger partial charge in [0, 0.05) is 30.2 Å². The monoisotopic (exact) mass is 398 g/mol. The van der Waals surface area contributed by atoms with E-state index in [9.17, 15) is 14.7 Å². The standard InChI is InChI=1S/C21H22N2O4S/c24-16-9-13(10-16)19(25)22-14-1-2-18-17(11-14)21(4-6-27-7-5-21)20(26)23(18)15-3-8-28-12-15/h1-3,8,11-13,16,24H,4-7,9-10H2,(H,22,25). The summed E-state index contributed by atoms with van der Waals surface area (Å²) in [6.45, 7) is 1.11. The molecule has 0 radical (unpaired) electrons. The Morgan fingerprint density at radius 3 is 2.71 bits per heavy atom. The number of hydrogen-bond donors (Lipinski definition) is 2. The smallest absolute Gasteiger partial charge is 0.242 e. The Balaban J connectivity index is 1.51. The number of aliphatic hydroxyl groups is 1. The minimum absolute atomic E-state index is 0.0645. The summed E-state index contributed by atoms with van der Waals surface area (Å²) in [6.07, 6.45) is 1.96. The van der Waals surface area contributed by atoms with E-state index in [0.29, 0.717) is 44.6 Å². The molecule has 0 unspecified atom stereocenters. The predicted molar refractivity (Wildman–Crippen MR) is 107 cm³/mol. The van der Waals surface area contributed by atoms with E-state index < -0.39 is 5.41 Å². The van der Waals surface area contributed by atoms with Crippen molar-refractivity contribution in [3.8, 4) is 0 Å². The molecule has 2 N–H and O–H groups in total. The van der Waals surface area contributed by atoms with Gasteiger partial charge >= 0.3 is 0 Å². The van der Waals surface area contributed by atoms with E-state index in [4.69, 9.17) is 4.74 Å². The third-order valence-corrected chi connectivity index (χ3v) is 6.90. The van der Waals surface area contributed by atoms with Gasteiger partial charge in [0.05, 0.1) is 22.9 Å². The molecule has 1 saturated heterocycles. The molecule has 1 aromatic heterocycles. The maximum absolute atomic E-state index is 13.5. The van der Waals surface area contributed by atoms with Crippen LogP contribution in [-0.4, -0.2) is 36.2 Å². The summed E-state index contributed by atoms with van der Waals surface area (Å²) in [6, 6.07) is 7.71. The second kappa shape index (κ2) is 6.69. The lowest BCUT2D eigenvalue weighted by molar-refractivity contribution is -0.126. The summed E-state index contributed by atoms with van der Waals surface area (Å²) < 4.78 is 5.54. The van der Waals surface area contributed by atoms with Crippen molar-refractivity contribution in [2.45, 2.75) is 37.2 Å². The number of carbonyl (C=O) groups excluding carboxylic acids is 2. The van der Waals surface area contributed by atoms with E-state index >= 15 is 0 Å². The first-order chi connectivity index (χ1) is 13.6. The van der Waals surface area contributed by atoms with Gasteiger partial charge in [0.25, 0.3) is 0 Å². The van der Waals surface area contributed by atoms with Crippen LogP contribution in [0.5, 0.6) is 0 Å². The van der Waals surface area contributed by atoms with Gasteiger partial charge < -0.3 is 15.2 Å². The Morgan fingerprint density at radius 1 is 1.25 bits per heavy atom. The first kappa shape index (κ1) is 17.8. The Kier molecular flexibility index (Phi) is 4.26. The molecule has 0 bridgehead atoms. The number of nitrogens with one attached hydrogen (secondary N) is 1. The van der Waals surface area contributed by atoms with Gasteiger partial charge in [0.15, 0.2) is 0 Å². The van der Waals surface area contributed by atoms with Crippen molar-refractivity contribution in [1.29, 1.82) is 0 Å². The van der Waals surface area contributed by atoms with Crippen molar-refractivity contribution in [1.82, 2.24) is 0 Å². The Hall–Kier alpha value is -2.22. The number of ether oxygens (including phenoxy) is 1. The van der Waals surface area contributed by atoms with E-state index in [0.717, 1.165) is 16.9 Å². The number of fused-ring (bicyclic) bond motifs is 2. The van der Waals surface area contributed by atoms with Gasteiger partial charge in [-0.3, -0.25) is 14.5 Å². The zero-order valence-corrected chi connectivity index (χ0v) is 16.2. The highest BCUT2D eigenvalue weighted by Crippen LogP contribution is 2.51. The van der Waals surface area contributed by atoms with Crippen molar-refractivity contribution in [2.24, 2.45) is 5.92 Å². The van der Waals surface area contributed by atoms with Crippen LogP contribution in [0.25, 0.3) is 0 Å². The quantitative estimate of drug-likeness (QED) is 0.832. The lowest BCUT2D eigenvalue weighted by atomic mass is 9.75. The number of carbonyl (C=O) groups is 2. The number of nitrogens with zero attached hydrogens (tertiary/aromatic N) is 1. The molecule has 1 spiro atoms. The SMILES string of the molecule is O=C(Nc1ccc2c(c1)C1(CCOCC1)C(=O)N2c1ccsc1)C1CC(O)C1. The number of aliphatic hydroxyl groups excluding tert-OH is 1. The molecule has 6 nitrogen and oxygen atoms in total. The van der Waals surface area contributed by atoms with Crippen molar-refractivity contribution in [2.75, 3.05) is 23.4 Å². The van der Waals surface area contributed by atoms with Gasteiger partial charge in [0.2, 0.25) is 11.8 Å². The van der Waals surface area contributed by atoms with Crippen LogP contribution in [0.15, 0.2) is 35.0 Å². The number of amides is 2. The molecule has 1 aliphatic carbocycles. The van der Waals surface area contributed by atoms with E-state index in [2.05, 4.69) is 5.32 Å². The fourth-order valence-corrected chi connectivity index (χ4v) is 5.14. The summed E-state index contributed by atoms with van der Waals surface area (Å²) in [5.41, 5.74) is 2.86. The van der Waals surface area contributed by atoms with Crippen LogP contribution in [0.1, 0.15) is 31.2 Å². The number of anilines is 3. The molecule has 2 fully saturated rings. The third kappa shape index (κ3) is 2.69. The van der Waals surface area contributed by atoms with Crippen molar-refractivity contribution in [3.05, 3.63) is 40.6 Å². The summed E-state index contributed by atoms with van der Waals surface area (Å²) >= 11 is 1.57. The molecule has 2 aromatic rings. The lowest BCUT2D eigenvalue weighted by Crippen LogP contribution is -2.42. The molecule has 5 rings (SSSR count). The fourth-order valence-electron chi connectivity index (χ4n) is 4.52. The molecule has 1 aromatic carbocycles. The third-order valence-electron chi connectivity index (χ3n) is 6.23. The van der Waals surface area contributed by atoms with Gasteiger partial charge in [-0.25, -0.2) is 0 Å². The average molecular weight is 398 g/mol. The highest BCUT2D eigenvalue weighted by molar-refractivity contribution is 7.08. The molecule has 3 aliphatic rings. The van der Waals surface area contributed by atoms with Crippen LogP contribution in [-0.2, 0) is 19.7 Å². The van der Waals surface area contributed by atoms with Crippen LogP contribution in [0, 0.1) is 5.92 Å². The normalized spacial score (nSPS) is 25.5. The maximum atomic E-state index is 13.5. The Labute approximate surface area is 167 Å². The molecule has 0 atom stereocenters. The van der Waals surface area contributed by atoms with Crippen LogP contribution >= 0.6 is 11.3 Å². The molecule has 2 amide bonds. The molecule has 28 heavy (non-hydrogen) atoms. The number of rotatable bonds is 3. The number of hydrogen-bond acceptors (Lipinski definition) is 5. The van der Waals surface area contributed by atoms with Gasteiger partial charge in [-0.15, -0.1) is 0 Å². The van der Waals surface area contributed by atoms with Gasteiger partial charge in [-0.1, -0.05) is 0 Å². The summed E-state index contributed by atoms with van der Waals surface area (Å²) in [7, 11) is 0. The zero-order chi connectivity index (χ0) is 19.3. The van der Waals surface area contributed by atoms with E-state index in [1.54, 1.807) is 11.3 Å². The average Bonchev–Trinajstić information content (AvgIpc) is 3.27. The minimum Gasteiger partial charge on any atom is -0.393 e.